The van der Waals surface area contributed by atoms with Gasteiger partial charge in [0.1, 0.15) is 17.2 Å². The molecule has 0 bridgehead atoms. The summed E-state index contributed by atoms with van der Waals surface area (Å²) in [5, 5.41) is 9.60. The number of aromatic nitrogens is 4. The van der Waals surface area contributed by atoms with Crippen molar-refractivity contribution in [3.8, 4) is 5.75 Å². The molecule has 1 N–H and O–H groups in total. The normalized spacial score (nSPS) is 11.6. The van der Waals surface area contributed by atoms with Crippen LogP contribution in [-0.2, 0) is 0 Å². The number of fused-ring (bicyclic) bond motifs is 3. The van der Waals surface area contributed by atoms with Crippen LogP contribution in [0.15, 0.2) is 42.7 Å². The monoisotopic (exact) mass is 397 g/mol. The average Bonchev–Trinajstić information content (AvgIpc) is 3.32. The van der Waals surface area contributed by atoms with E-state index in [1.54, 1.807) is 6.20 Å². The Labute approximate surface area is 169 Å². The lowest BCUT2D eigenvalue weighted by Crippen LogP contribution is -2.09. The molecule has 0 aliphatic carbocycles. The maximum atomic E-state index is 6.15. The number of hydrogen-bond donors (Lipinski definition) is 1. The number of halogens is 1. The second kappa shape index (κ2) is 7.72. The predicted octanol–water partition coefficient (Wildman–Crippen LogP) is 5.84. The number of anilines is 2. The van der Waals surface area contributed by atoms with Crippen molar-refractivity contribution >= 4 is 39.8 Å². The molecule has 1 aromatic carbocycles. The highest BCUT2D eigenvalue weighted by Gasteiger charge is 2.18. The van der Waals surface area contributed by atoms with Gasteiger partial charge < -0.3 is 14.6 Å². The van der Waals surface area contributed by atoms with Crippen molar-refractivity contribution in [2.45, 2.75) is 39.7 Å². The summed E-state index contributed by atoms with van der Waals surface area (Å²) in [6.07, 6.45) is 6.02. The highest BCUT2D eigenvalue weighted by Crippen LogP contribution is 2.34. The summed E-state index contributed by atoms with van der Waals surface area (Å²) in [5.74, 6) is 1.48. The van der Waals surface area contributed by atoms with Crippen molar-refractivity contribution in [2.75, 3.05) is 11.9 Å². The third kappa shape index (κ3) is 3.18. The largest absolute Gasteiger partial charge is 0.492 e. The lowest BCUT2D eigenvalue weighted by Gasteiger charge is -2.18. The minimum absolute atomic E-state index is 0.412. The highest BCUT2D eigenvalue weighted by atomic mass is 35.5. The zero-order valence-electron chi connectivity index (χ0n) is 16.3. The van der Waals surface area contributed by atoms with E-state index < -0.39 is 0 Å². The van der Waals surface area contributed by atoms with Gasteiger partial charge in [0.2, 0.25) is 0 Å². The molecule has 0 spiro atoms. The van der Waals surface area contributed by atoms with Crippen molar-refractivity contribution in [1.29, 1.82) is 0 Å². The van der Waals surface area contributed by atoms with Gasteiger partial charge in [-0.1, -0.05) is 25.4 Å². The molecule has 7 heteroatoms. The maximum absolute atomic E-state index is 6.15. The van der Waals surface area contributed by atoms with E-state index in [2.05, 4.69) is 41.1 Å². The molecule has 0 saturated heterocycles. The molecule has 0 unspecified atom stereocenters. The van der Waals surface area contributed by atoms with Gasteiger partial charge in [-0.25, -0.2) is 4.98 Å². The maximum Gasteiger partial charge on any atom is 0.159 e. The Bertz CT molecular complexity index is 1110. The third-order valence-corrected chi connectivity index (χ3v) is 5.26. The van der Waals surface area contributed by atoms with Gasteiger partial charge in [0.05, 0.1) is 23.9 Å². The van der Waals surface area contributed by atoms with Crippen LogP contribution in [0.25, 0.3) is 16.7 Å². The molecular weight excluding hydrogens is 374 g/mol. The summed E-state index contributed by atoms with van der Waals surface area (Å²) in [4.78, 5) is 4.79. The van der Waals surface area contributed by atoms with E-state index in [0.717, 1.165) is 41.0 Å². The van der Waals surface area contributed by atoms with Gasteiger partial charge in [0.15, 0.2) is 5.65 Å². The summed E-state index contributed by atoms with van der Waals surface area (Å²) in [6, 6.07) is 10.0. The molecule has 3 heterocycles. The van der Waals surface area contributed by atoms with E-state index in [1.807, 2.05) is 35.7 Å². The fourth-order valence-electron chi connectivity index (χ4n) is 3.64. The van der Waals surface area contributed by atoms with Crippen molar-refractivity contribution in [3.63, 3.8) is 0 Å². The number of benzene rings is 1. The quantitative estimate of drug-likeness (QED) is 0.425. The van der Waals surface area contributed by atoms with E-state index in [0.29, 0.717) is 23.4 Å². The molecule has 3 aromatic heterocycles. The van der Waals surface area contributed by atoms with E-state index >= 15 is 0 Å². The Morgan fingerprint density at radius 2 is 1.96 bits per heavy atom. The highest BCUT2D eigenvalue weighted by molar-refractivity contribution is 6.30. The zero-order valence-corrected chi connectivity index (χ0v) is 17.1. The second-order valence-corrected chi connectivity index (χ2v) is 7.13. The number of ether oxygens (including phenoxy) is 1. The molecule has 146 valence electrons. The second-order valence-electron chi connectivity index (χ2n) is 6.69. The number of nitrogens with zero attached hydrogens (tertiary/aromatic N) is 4. The Morgan fingerprint density at radius 3 is 2.71 bits per heavy atom. The van der Waals surface area contributed by atoms with E-state index in [1.165, 1.54) is 0 Å². The third-order valence-electron chi connectivity index (χ3n) is 5.02. The first kappa shape index (κ1) is 18.6. The molecule has 28 heavy (non-hydrogen) atoms. The van der Waals surface area contributed by atoms with Crippen LogP contribution in [-0.4, -0.2) is 25.8 Å². The molecule has 6 nitrogen and oxygen atoms in total. The van der Waals surface area contributed by atoms with Gasteiger partial charge in [0.25, 0.3) is 0 Å². The Kier molecular flexibility index (Phi) is 5.13. The van der Waals surface area contributed by atoms with Crippen molar-refractivity contribution in [2.24, 2.45) is 0 Å². The fourth-order valence-corrected chi connectivity index (χ4v) is 3.80. The molecule has 0 aliphatic heterocycles. The van der Waals surface area contributed by atoms with Crippen molar-refractivity contribution in [3.05, 3.63) is 47.7 Å². The average molecular weight is 398 g/mol. The molecule has 0 atom stereocenters. The van der Waals surface area contributed by atoms with Gasteiger partial charge in [-0.2, -0.15) is 9.61 Å². The minimum atomic E-state index is 0.412. The lowest BCUT2D eigenvalue weighted by molar-refractivity contribution is 0.342. The van der Waals surface area contributed by atoms with Gasteiger partial charge >= 0.3 is 0 Å². The molecule has 0 fully saturated rings. The van der Waals surface area contributed by atoms with Crippen LogP contribution in [0.5, 0.6) is 5.75 Å². The zero-order chi connectivity index (χ0) is 19.7. The molecule has 0 radical (unpaired) electrons. The van der Waals surface area contributed by atoms with Gasteiger partial charge in [0, 0.05) is 29.4 Å². The van der Waals surface area contributed by atoms with Crippen LogP contribution in [0.3, 0.4) is 0 Å². The predicted molar refractivity (Wildman–Crippen MR) is 114 cm³/mol. The van der Waals surface area contributed by atoms with Crippen molar-refractivity contribution < 1.29 is 4.74 Å². The summed E-state index contributed by atoms with van der Waals surface area (Å²) in [6.45, 7) is 6.94. The van der Waals surface area contributed by atoms with E-state index in [9.17, 15) is 0 Å². The Morgan fingerprint density at radius 1 is 1.14 bits per heavy atom. The van der Waals surface area contributed by atoms with Crippen LogP contribution in [0, 0.1) is 0 Å². The van der Waals surface area contributed by atoms with E-state index in [-0.39, 0.29) is 0 Å². The lowest BCUT2D eigenvalue weighted by atomic mass is 10.2. The number of rotatable bonds is 7. The van der Waals surface area contributed by atoms with Crippen LogP contribution in [0.4, 0.5) is 11.5 Å². The first-order valence-electron chi connectivity index (χ1n) is 9.69. The molecule has 0 saturated carbocycles. The van der Waals surface area contributed by atoms with Gasteiger partial charge in [-0.15, -0.1) is 0 Å². The van der Waals surface area contributed by atoms with Gasteiger partial charge in [-0.3, -0.25) is 0 Å². The number of nitrogens with one attached hydrogen (secondary N) is 1. The smallest absolute Gasteiger partial charge is 0.159 e. The first-order valence-corrected chi connectivity index (χ1v) is 10.1. The Balaban J connectivity index is 1.88. The van der Waals surface area contributed by atoms with Crippen molar-refractivity contribution in [1.82, 2.24) is 19.2 Å². The molecular formula is C21H24ClN5O. The number of hydrogen-bond acceptors (Lipinski definition) is 4. The molecule has 0 amide bonds. The first-order chi connectivity index (χ1) is 13.7. The molecule has 0 aliphatic rings. The summed E-state index contributed by atoms with van der Waals surface area (Å²) >= 11 is 6.15. The van der Waals surface area contributed by atoms with Crippen LogP contribution in [0.1, 0.15) is 39.7 Å². The van der Waals surface area contributed by atoms with Crippen LogP contribution in [0.2, 0.25) is 5.02 Å². The SMILES string of the molecule is CCOc1cc(Cl)ccc1Nc1nc2ccnn2c2c1ccn2C(CC)CC. The molecule has 4 rings (SSSR count). The standard InChI is InChI=1S/C21H24ClN5O/c1-4-15(5-2)26-12-10-16-20(25-19-9-11-23-27(19)21(16)26)24-17-8-7-14(22)13-18(17)28-6-3/h7-13,15H,4-6H2,1-3H3,(H,24,25). The minimum Gasteiger partial charge on any atom is -0.492 e. The van der Waals surface area contributed by atoms with Crippen LogP contribution >= 0.6 is 11.6 Å². The van der Waals surface area contributed by atoms with Gasteiger partial charge in [-0.05, 0) is 38.0 Å². The topological polar surface area (TPSA) is 56.4 Å². The van der Waals surface area contributed by atoms with E-state index in [4.69, 9.17) is 21.3 Å². The Hall–Kier alpha value is -2.73. The summed E-state index contributed by atoms with van der Waals surface area (Å²) in [7, 11) is 0. The molecule has 4 aromatic rings. The summed E-state index contributed by atoms with van der Waals surface area (Å²) in [5.41, 5.74) is 2.67. The van der Waals surface area contributed by atoms with Crippen LogP contribution < -0.4 is 10.1 Å². The fraction of sp³-hybridized carbons (Fsp3) is 0.333. The summed E-state index contributed by atoms with van der Waals surface area (Å²) < 4.78 is 9.96.